The first-order valence-corrected chi connectivity index (χ1v) is 41.1. The van der Waals surface area contributed by atoms with Gasteiger partial charge in [0, 0.05) is 25.7 Å². The van der Waals surface area contributed by atoms with Gasteiger partial charge in [0.05, 0.1) is 26.4 Å². The third-order valence-electron chi connectivity index (χ3n) is 15.7. The van der Waals surface area contributed by atoms with Gasteiger partial charge in [-0.25, -0.2) is 9.13 Å². The number of hydrogen-bond acceptors (Lipinski definition) is 15. The molecule has 3 N–H and O–H groups in total. The molecule has 5 unspecified atom stereocenters. The molecule has 17 nitrogen and oxygen atoms in total. The summed E-state index contributed by atoms with van der Waals surface area (Å²) in [6.45, 7) is 4.60. The van der Waals surface area contributed by atoms with Crippen molar-refractivity contribution < 1.29 is 80.2 Å². The molecule has 98 heavy (non-hydrogen) atoms. The van der Waals surface area contributed by atoms with Gasteiger partial charge in [-0.2, -0.15) is 0 Å². The minimum atomic E-state index is -4.98. The molecule has 0 heterocycles. The number of aliphatic hydroxyl groups is 1. The predicted molar refractivity (Wildman–Crippen MR) is 399 cm³/mol. The van der Waals surface area contributed by atoms with Crippen molar-refractivity contribution in [2.45, 2.75) is 329 Å². The highest BCUT2D eigenvalue weighted by Gasteiger charge is 2.30. The van der Waals surface area contributed by atoms with Crippen molar-refractivity contribution in [3.8, 4) is 0 Å². The van der Waals surface area contributed by atoms with E-state index in [1.165, 1.54) is 57.8 Å². The number of phosphoric ester groups is 2. The summed E-state index contributed by atoms with van der Waals surface area (Å²) in [5.74, 6) is -2.23. The van der Waals surface area contributed by atoms with Crippen LogP contribution in [0, 0.1) is 0 Å². The Morgan fingerprint density at radius 3 is 0.888 bits per heavy atom. The molecule has 0 aliphatic rings. The van der Waals surface area contributed by atoms with Crippen molar-refractivity contribution in [2.24, 2.45) is 0 Å². The van der Waals surface area contributed by atoms with Gasteiger partial charge in [-0.15, -0.1) is 0 Å². The van der Waals surface area contributed by atoms with E-state index >= 15 is 0 Å². The molecule has 0 amide bonds. The number of unbranched alkanes of at least 4 members (excludes halogenated alkanes) is 27. The van der Waals surface area contributed by atoms with Crippen LogP contribution in [0.15, 0.2) is 109 Å². The van der Waals surface area contributed by atoms with E-state index in [0.29, 0.717) is 25.7 Å². The van der Waals surface area contributed by atoms with Gasteiger partial charge in [-0.3, -0.25) is 37.3 Å². The average Bonchev–Trinajstić information content (AvgIpc) is 1.00. The van der Waals surface area contributed by atoms with Crippen molar-refractivity contribution in [3.05, 3.63) is 109 Å². The fourth-order valence-electron chi connectivity index (χ4n) is 9.90. The second-order valence-corrected chi connectivity index (χ2v) is 28.1. The highest BCUT2D eigenvalue weighted by Crippen LogP contribution is 2.45. The first-order chi connectivity index (χ1) is 47.7. The largest absolute Gasteiger partial charge is 0.472 e. The van der Waals surface area contributed by atoms with Gasteiger partial charge in [0.1, 0.15) is 19.3 Å². The molecule has 0 aromatic rings. The third kappa shape index (κ3) is 70.2. The minimum absolute atomic E-state index is 0.0748. The average molecular weight is 1420 g/mol. The Morgan fingerprint density at radius 2 is 0.551 bits per heavy atom. The molecule has 0 saturated carbocycles. The van der Waals surface area contributed by atoms with E-state index in [-0.39, 0.29) is 25.7 Å². The Kier molecular flexibility index (Phi) is 68.0. The summed E-state index contributed by atoms with van der Waals surface area (Å²) >= 11 is 0. The summed E-state index contributed by atoms with van der Waals surface area (Å²) in [4.78, 5) is 72.8. The quantitative estimate of drug-likeness (QED) is 0.0169. The Hall–Kier alpha value is -4.28. The lowest BCUT2D eigenvalue weighted by molar-refractivity contribution is -0.161. The Balaban J connectivity index is 5.35. The second-order valence-electron chi connectivity index (χ2n) is 25.2. The number of rotatable bonds is 71. The lowest BCUT2D eigenvalue weighted by Crippen LogP contribution is -2.30. The molecule has 0 bridgehead atoms. The maximum absolute atomic E-state index is 13.1. The standard InChI is InChI=1S/C79H136O17P2/c1-5-9-13-17-21-25-29-32-34-35-36-37-39-42-45-48-52-56-60-64-77(82)89-69-74(95-78(83)65-61-57-53-49-43-28-24-20-16-12-8-4)71-93-97(85,86)91-67-73(80)68-92-98(87,88)94-72-75(96-79(84)66-62-58-54-50-46-40-31-27-23-19-15-11-7-3)70-90-76(81)63-59-55-51-47-44-41-38-33-30-26-22-18-14-10-6-2/h9,13,15,19,21-22,25-27,31-34,36-38,42,45,73-75,80H,5-8,10-12,14,16-18,20,23-24,28-30,35,39-41,43-44,46-72H2,1-4H3,(H,85,86)(H,87,88)/b13-9-,19-15-,25-21-,26-22-,31-27-,34-32-,37-36-,38-33-,45-42-. The number of esters is 4. The molecule has 0 saturated heterocycles. The molecule has 0 aliphatic heterocycles. The van der Waals surface area contributed by atoms with Gasteiger partial charge >= 0.3 is 39.5 Å². The lowest BCUT2D eigenvalue weighted by Gasteiger charge is -2.21. The van der Waals surface area contributed by atoms with E-state index in [1.807, 2.05) is 0 Å². The molecule has 564 valence electrons. The molecule has 0 fully saturated rings. The number of aliphatic hydroxyl groups excluding tert-OH is 1. The van der Waals surface area contributed by atoms with E-state index in [1.54, 1.807) is 0 Å². The summed E-state index contributed by atoms with van der Waals surface area (Å²) in [5.41, 5.74) is 0. The minimum Gasteiger partial charge on any atom is -0.462 e. The van der Waals surface area contributed by atoms with Crippen molar-refractivity contribution in [2.75, 3.05) is 39.6 Å². The molecule has 5 atom stereocenters. The molecule has 0 radical (unpaired) electrons. The summed E-state index contributed by atoms with van der Waals surface area (Å²) < 4.78 is 68.4. The van der Waals surface area contributed by atoms with E-state index < -0.39 is 97.5 Å². The van der Waals surface area contributed by atoms with Crippen LogP contribution in [0.4, 0.5) is 0 Å². The number of allylic oxidation sites excluding steroid dienone is 18. The SMILES string of the molecule is CC/C=C\C/C=C\C/C=C\C/C=C\C/C=C\CCCCCC(=O)OCC(COP(=O)(O)OCC(O)COP(=O)(O)OCC(COC(=O)CCCCCCC/C=C\C/C=C\CCCCC)OC(=O)CCCCCCC/C=C\C/C=C\CCC)OC(=O)CCCCCCCCCCCCC. The van der Waals surface area contributed by atoms with Gasteiger partial charge in [0.2, 0.25) is 0 Å². The van der Waals surface area contributed by atoms with Gasteiger partial charge in [-0.05, 0) is 128 Å². The molecule has 19 heteroatoms. The van der Waals surface area contributed by atoms with Crippen LogP contribution in [0.2, 0.25) is 0 Å². The maximum Gasteiger partial charge on any atom is 0.472 e. The highest BCUT2D eigenvalue weighted by atomic mass is 31.2. The number of phosphoric acid groups is 2. The molecular weight excluding hydrogens is 1280 g/mol. The van der Waals surface area contributed by atoms with Crippen LogP contribution in [-0.4, -0.2) is 96.7 Å². The maximum atomic E-state index is 13.1. The first-order valence-electron chi connectivity index (χ1n) is 38.1. The molecule has 0 aliphatic carbocycles. The van der Waals surface area contributed by atoms with Crippen molar-refractivity contribution in [3.63, 3.8) is 0 Å². The van der Waals surface area contributed by atoms with E-state index in [2.05, 4.69) is 137 Å². The van der Waals surface area contributed by atoms with Crippen LogP contribution >= 0.6 is 15.6 Å². The fraction of sp³-hybridized carbons (Fsp3) is 0.722. The van der Waals surface area contributed by atoms with Gasteiger partial charge in [0.15, 0.2) is 12.2 Å². The predicted octanol–water partition coefficient (Wildman–Crippen LogP) is 21.8. The molecule has 0 spiro atoms. The smallest absolute Gasteiger partial charge is 0.462 e. The van der Waals surface area contributed by atoms with Crippen molar-refractivity contribution in [1.29, 1.82) is 0 Å². The Bertz CT molecular complexity index is 2290. The third-order valence-corrected chi connectivity index (χ3v) is 17.6. The second kappa shape index (κ2) is 71.1. The number of hydrogen-bond donors (Lipinski definition) is 3. The lowest BCUT2D eigenvalue weighted by atomic mass is 10.1. The number of carbonyl (C=O) groups is 4. The van der Waals surface area contributed by atoms with E-state index in [4.69, 9.17) is 37.0 Å². The zero-order valence-corrected chi connectivity index (χ0v) is 63.2. The van der Waals surface area contributed by atoms with Crippen molar-refractivity contribution >= 4 is 39.5 Å². The summed E-state index contributed by atoms with van der Waals surface area (Å²) in [6.07, 6.45) is 75.1. The van der Waals surface area contributed by atoms with Crippen molar-refractivity contribution in [1.82, 2.24) is 0 Å². The zero-order chi connectivity index (χ0) is 71.8. The van der Waals surface area contributed by atoms with Crippen LogP contribution < -0.4 is 0 Å². The topological polar surface area (TPSA) is 237 Å². The van der Waals surface area contributed by atoms with Crippen LogP contribution in [0.1, 0.15) is 310 Å². The van der Waals surface area contributed by atoms with Crippen LogP contribution in [0.3, 0.4) is 0 Å². The van der Waals surface area contributed by atoms with E-state index in [9.17, 15) is 43.2 Å². The molecule has 0 aromatic heterocycles. The Morgan fingerprint density at radius 1 is 0.296 bits per heavy atom. The molecule has 0 rings (SSSR count). The molecule has 0 aromatic carbocycles. The number of ether oxygens (including phenoxy) is 4. The van der Waals surface area contributed by atoms with Gasteiger partial charge < -0.3 is 33.8 Å². The normalized spacial score (nSPS) is 14.6. The van der Waals surface area contributed by atoms with E-state index in [0.717, 1.165) is 173 Å². The van der Waals surface area contributed by atoms with Crippen LogP contribution in [-0.2, 0) is 65.4 Å². The fourth-order valence-corrected chi connectivity index (χ4v) is 11.5. The Labute approximate surface area is 594 Å². The summed E-state index contributed by atoms with van der Waals surface area (Å²) in [7, 11) is -9.96. The number of carbonyl (C=O) groups excluding carboxylic acids is 4. The zero-order valence-electron chi connectivity index (χ0n) is 61.4. The van der Waals surface area contributed by atoms with Crippen LogP contribution in [0.25, 0.3) is 0 Å². The summed E-state index contributed by atoms with van der Waals surface area (Å²) in [5, 5.41) is 10.6. The van der Waals surface area contributed by atoms with Gasteiger partial charge in [0.25, 0.3) is 0 Å². The summed E-state index contributed by atoms with van der Waals surface area (Å²) in [6, 6.07) is 0. The van der Waals surface area contributed by atoms with Crippen LogP contribution in [0.5, 0.6) is 0 Å². The monoisotopic (exact) mass is 1420 g/mol. The van der Waals surface area contributed by atoms with Gasteiger partial charge in [-0.1, -0.05) is 265 Å². The molecular formula is C79H136O17P2. The highest BCUT2D eigenvalue weighted by molar-refractivity contribution is 7.47. The first kappa shape index (κ1) is 93.7.